The summed E-state index contributed by atoms with van der Waals surface area (Å²) in [5, 5.41) is 3.54. The Kier molecular flexibility index (Phi) is 4.87. The van der Waals surface area contributed by atoms with Crippen LogP contribution in [0, 0.1) is 5.92 Å². The molecule has 0 saturated carbocycles. The van der Waals surface area contributed by atoms with E-state index in [-0.39, 0.29) is 6.04 Å². The zero-order valence-electron chi connectivity index (χ0n) is 12.3. The van der Waals surface area contributed by atoms with Crippen LogP contribution < -0.4 is 5.32 Å². The first-order chi connectivity index (χ1) is 8.93. The van der Waals surface area contributed by atoms with Gasteiger partial charge < -0.3 is 5.32 Å². The summed E-state index contributed by atoms with van der Waals surface area (Å²) < 4.78 is 27.9. The third kappa shape index (κ3) is 3.29. The number of nitrogens with zero attached hydrogens (tertiary/aromatic N) is 2. The van der Waals surface area contributed by atoms with E-state index < -0.39 is 10.2 Å². The van der Waals surface area contributed by atoms with Crippen molar-refractivity contribution in [3.63, 3.8) is 0 Å². The first-order valence-electron chi connectivity index (χ1n) is 7.39. The molecule has 6 heteroatoms. The fourth-order valence-corrected chi connectivity index (χ4v) is 4.64. The van der Waals surface area contributed by atoms with Crippen LogP contribution in [0.15, 0.2) is 0 Å². The van der Waals surface area contributed by atoms with E-state index in [1.54, 1.807) is 11.4 Å². The zero-order chi connectivity index (χ0) is 14.0. The van der Waals surface area contributed by atoms with Crippen molar-refractivity contribution in [3.05, 3.63) is 0 Å². The molecule has 2 aliphatic heterocycles. The lowest BCUT2D eigenvalue weighted by Gasteiger charge is -2.36. The Balaban J connectivity index is 1.92. The molecule has 2 rings (SSSR count). The van der Waals surface area contributed by atoms with Crippen molar-refractivity contribution in [2.24, 2.45) is 5.92 Å². The van der Waals surface area contributed by atoms with E-state index in [0.29, 0.717) is 25.0 Å². The number of piperidine rings is 1. The Labute approximate surface area is 117 Å². The fourth-order valence-electron chi connectivity index (χ4n) is 3.07. The van der Waals surface area contributed by atoms with Crippen LogP contribution in [-0.4, -0.2) is 55.8 Å². The second-order valence-corrected chi connectivity index (χ2v) is 8.05. The quantitative estimate of drug-likeness (QED) is 0.841. The van der Waals surface area contributed by atoms with Crippen LogP contribution in [0.4, 0.5) is 0 Å². The van der Waals surface area contributed by atoms with Crippen molar-refractivity contribution < 1.29 is 8.42 Å². The summed E-state index contributed by atoms with van der Waals surface area (Å²) in [6.45, 7) is 6.28. The SMILES string of the molecule is CC(C)N(C)S(=O)(=O)N1CCC(C2CCCN2)CC1. The number of rotatable bonds is 4. The molecule has 1 N–H and O–H groups in total. The lowest BCUT2D eigenvalue weighted by Crippen LogP contribution is -2.49. The Morgan fingerprint density at radius 3 is 2.32 bits per heavy atom. The van der Waals surface area contributed by atoms with Gasteiger partial charge in [0.15, 0.2) is 0 Å². The van der Waals surface area contributed by atoms with Crippen LogP contribution in [0.5, 0.6) is 0 Å². The normalized spacial score (nSPS) is 27.5. The first-order valence-corrected chi connectivity index (χ1v) is 8.79. The van der Waals surface area contributed by atoms with Gasteiger partial charge in [0.2, 0.25) is 0 Å². The van der Waals surface area contributed by atoms with Gasteiger partial charge >= 0.3 is 0 Å². The molecule has 0 amide bonds. The van der Waals surface area contributed by atoms with Crippen LogP contribution in [-0.2, 0) is 10.2 Å². The molecule has 2 saturated heterocycles. The standard InChI is InChI=1S/C13H27N3O2S/c1-11(2)15(3)19(17,18)16-9-6-12(7-10-16)13-5-4-8-14-13/h11-14H,4-10H2,1-3H3. The van der Waals surface area contributed by atoms with Gasteiger partial charge in [-0.2, -0.15) is 17.0 Å². The molecule has 0 spiro atoms. The average molecular weight is 289 g/mol. The van der Waals surface area contributed by atoms with Crippen molar-refractivity contribution in [2.45, 2.75) is 51.6 Å². The minimum absolute atomic E-state index is 0.0132. The third-order valence-corrected chi connectivity index (χ3v) is 6.75. The van der Waals surface area contributed by atoms with Crippen molar-refractivity contribution >= 4 is 10.2 Å². The number of hydrogen-bond acceptors (Lipinski definition) is 3. The van der Waals surface area contributed by atoms with Crippen LogP contribution in [0.2, 0.25) is 0 Å². The van der Waals surface area contributed by atoms with Crippen LogP contribution in [0.25, 0.3) is 0 Å². The molecule has 112 valence electrons. The van der Waals surface area contributed by atoms with Gasteiger partial charge in [0.25, 0.3) is 10.2 Å². The summed E-state index contributed by atoms with van der Waals surface area (Å²) in [6.07, 6.45) is 4.49. The van der Waals surface area contributed by atoms with E-state index in [9.17, 15) is 8.42 Å². The molecule has 0 aromatic rings. The lowest BCUT2D eigenvalue weighted by atomic mass is 9.89. The third-order valence-electron chi connectivity index (χ3n) is 4.58. The molecule has 5 nitrogen and oxygen atoms in total. The molecule has 0 aliphatic carbocycles. The highest BCUT2D eigenvalue weighted by molar-refractivity contribution is 7.86. The Morgan fingerprint density at radius 2 is 1.84 bits per heavy atom. The maximum absolute atomic E-state index is 12.4. The molecule has 0 aromatic heterocycles. The number of nitrogens with one attached hydrogen (secondary N) is 1. The molecular formula is C13H27N3O2S. The van der Waals surface area contributed by atoms with E-state index in [1.165, 1.54) is 17.1 Å². The monoisotopic (exact) mass is 289 g/mol. The molecule has 1 unspecified atom stereocenters. The Morgan fingerprint density at radius 1 is 1.21 bits per heavy atom. The highest BCUT2D eigenvalue weighted by Crippen LogP contribution is 2.27. The summed E-state index contributed by atoms with van der Waals surface area (Å²) in [4.78, 5) is 0. The van der Waals surface area contributed by atoms with Gasteiger partial charge in [-0.25, -0.2) is 0 Å². The van der Waals surface area contributed by atoms with Crippen LogP contribution >= 0.6 is 0 Å². The number of hydrogen-bond donors (Lipinski definition) is 1. The molecule has 0 radical (unpaired) electrons. The second-order valence-electron chi connectivity index (χ2n) is 6.06. The largest absolute Gasteiger partial charge is 0.314 e. The summed E-state index contributed by atoms with van der Waals surface area (Å²) in [5.74, 6) is 0.651. The molecule has 0 bridgehead atoms. The fraction of sp³-hybridized carbons (Fsp3) is 1.00. The van der Waals surface area contributed by atoms with Gasteiger partial charge in [-0.15, -0.1) is 0 Å². The van der Waals surface area contributed by atoms with E-state index in [4.69, 9.17) is 0 Å². The molecule has 2 aliphatic rings. The molecule has 0 aromatic carbocycles. The van der Waals surface area contributed by atoms with Crippen LogP contribution in [0.3, 0.4) is 0 Å². The van der Waals surface area contributed by atoms with Gasteiger partial charge in [-0.1, -0.05) is 0 Å². The van der Waals surface area contributed by atoms with E-state index in [1.807, 2.05) is 13.8 Å². The second kappa shape index (κ2) is 6.08. The van der Waals surface area contributed by atoms with Gasteiger partial charge in [-0.3, -0.25) is 0 Å². The van der Waals surface area contributed by atoms with E-state index >= 15 is 0 Å². The minimum Gasteiger partial charge on any atom is -0.314 e. The summed E-state index contributed by atoms with van der Waals surface area (Å²) in [6, 6.07) is 0.631. The molecule has 19 heavy (non-hydrogen) atoms. The van der Waals surface area contributed by atoms with Crippen LogP contribution in [0.1, 0.15) is 39.5 Å². The summed E-state index contributed by atoms with van der Waals surface area (Å²) >= 11 is 0. The smallest absolute Gasteiger partial charge is 0.281 e. The molecule has 2 fully saturated rings. The maximum Gasteiger partial charge on any atom is 0.281 e. The van der Waals surface area contributed by atoms with Gasteiger partial charge in [-0.05, 0) is 52.0 Å². The van der Waals surface area contributed by atoms with Crippen molar-refractivity contribution in [1.82, 2.24) is 13.9 Å². The lowest BCUT2D eigenvalue weighted by molar-refractivity contribution is 0.221. The summed E-state index contributed by atoms with van der Waals surface area (Å²) in [5.41, 5.74) is 0. The Hall–Kier alpha value is -0.170. The van der Waals surface area contributed by atoms with Gasteiger partial charge in [0.1, 0.15) is 0 Å². The van der Waals surface area contributed by atoms with Crippen molar-refractivity contribution in [3.8, 4) is 0 Å². The van der Waals surface area contributed by atoms with E-state index in [2.05, 4.69) is 5.32 Å². The van der Waals surface area contributed by atoms with E-state index in [0.717, 1.165) is 19.4 Å². The Bertz CT molecular complexity index is 383. The zero-order valence-corrected chi connectivity index (χ0v) is 13.1. The topological polar surface area (TPSA) is 52.7 Å². The molecule has 2 heterocycles. The van der Waals surface area contributed by atoms with Gasteiger partial charge in [0, 0.05) is 32.2 Å². The predicted octanol–water partition coefficient (Wildman–Crippen LogP) is 1.04. The average Bonchev–Trinajstić information content (AvgIpc) is 2.91. The van der Waals surface area contributed by atoms with Crippen molar-refractivity contribution in [2.75, 3.05) is 26.7 Å². The van der Waals surface area contributed by atoms with Crippen molar-refractivity contribution in [1.29, 1.82) is 0 Å². The highest BCUT2D eigenvalue weighted by atomic mass is 32.2. The highest BCUT2D eigenvalue weighted by Gasteiger charge is 2.35. The molecular weight excluding hydrogens is 262 g/mol. The van der Waals surface area contributed by atoms with Gasteiger partial charge in [0.05, 0.1) is 0 Å². The predicted molar refractivity (Wildman–Crippen MR) is 77.1 cm³/mol. The first kappa shape index (κ1) is 15.2. The maximum atomic E-state index is 12.4. The minimum atomic E-state index is -3.26. The molecule has 1 atom stereocenters. The summed E-state index contributed by atoms with van der Waals surface area (Å²) in [7, 11) is -1.59.